The van der Waals surface area contributed by atoms with Gasteiger partial charge in [-0.1, -0.05) is 11.6 Å². The largest absolute Gasteiger partial charge is 0.507 e. The van der Waals surface area contributed by atoms with E-state index < -0.39 is 5.97 Å². The Morgan fingerprint density at radius 1 is 1.17 bits per heavy atom. The predicted molar refractivity (Wildman–Crippen MR) is 134 cm³/mol. The van der Waals surface area contributed by atoms with E-state index >= 15 is 0 Å². The van der Waals surface area contributed by atoms with Crippen LogP contribution in [0.3, 0.4) is 0 Å². The first kappa shape index (κ1) is 28.8. The van der Waals surface area contributed by atoms with Crippen LogP contribution in [0, 0.1) is 6.92 Å². The van der Waals surface area contributed by atoms with Crippen molar-refractivity contribution in [2.24, 2.45) is 0 Å². The van der Waals surface area contributed by atoms with Gasteiger partial charge in [0.15, 0.2) is 0 Å². The minimum atomic E-state index is -0.447. The van der Waals surface area contributed by atoms with Crippen molar-refractivity contribution in [3.63, 3.8) is 0 Å². The number of morpholine rings is 1. The Hall–Kier alpha value is -2.48. The number of hydrogen-bond donors (Lipinski definition) is 1. The number of phenolic OH excluding ortho intramolecular Hbond substituents is 1. The van der Waals surface area contributed by atoms with Crippen LogP contribution in [0.4, 0.5) is 0 Å². The third-order valence-corrected chi connectivity index (χ3v) is 5.95. The number of ether oxygens (including phenoxy) is 3. The number of nitrogens with zero attached hydrogens (tertiary/aromatic N) is 1. The summed E-state index contributed by atoms with van der Waals surface area (Å²) in [4.78, 5) is 35.8. The normalized spacial score (nSPS) is 15.6. The third-order valence-electron chi connectivity index (χ3n) is 5.72. The van der Waals surface area contributed by atoms with Crippen molar-refractivity contribution in [2.45, 2.75) is 53.6 Å². The van der Waals surface area contributed by atoms with Crippen molar-refractivity contribution in [1.29, 1.82) is 0 Å². The Bertz CT molecular complexity index is 950. The van der Waals surface area contributed by atoms with Crippen molar-refractivity contribution in [3.05, 3.63) is 33.9 Å². The number of carbonyl (C=O) groups is 3. The number of ketones is 1. The number of fused-ring (bicyclic) bond motifs is 1. The van der Waals surface area contributed by atoms with Crippen LogP contribution in [-0.2, 0) is 36.8 Å². The molecule has 1 aromatic carbocycles. The monoisotopic (exact) mass is 509 g/mol. The molecule has 2 aliphatic rings. The fraction of sp³-hybridized carbons (Fsp3) is 0.560. The number of carbonyl (C=O) groups excluding carboxylic acids is 3. The molecule has 1 N–H and O–H groups in total. The molecule has 0 bridgehead atoms. The highest BCUT2D eigenvalue weighted by Gasteiger charge is 2.32. The van der Waals surface area contributed by atoms with Gasteiger partial charge < -0.3 is 28.6 Å². The van der Waals surface area contributed by atoms with E-state index in [4.69, 9.17) is 18.7 Å². The Morgan fingerprint density at radius 3 is 2.46 bits per heavy atom. The molecule has 10 heteroatoms. The van der Waals surface area contributed by atoms with Crippen molar-refractivity contribution in [2.75, 3.05) is 39.5 Å². The second-order valence-corrected chi connectivity index (χ2v) is 8.90. The maximum Gasteiger partial charge on any atom is 0.342 e. The summed E-state index contributed by atoms with van der Waals surface area (Å²) in [6.45, 7) is 11.2. The maximum atomic E-state index is 12.1. The van der Waals surface area contributed by atoms with E-state index in [-0.39, 0.29) is 24.1 Å². The topological polar surface area (TPSA) is 112 Å². The minimum absolute atomic E-state index is 0.0982. The predicted octanol–water partition coefficient (Wildman–Crippen LogP) is 3.28. The smallest absolute Gasteiger partial charge is 0.342 e. The van der Waals surface area contributed by atoms with Gasteiger partial charge in [-0.15, -0.1) is 0 Å². The molecule has 0 aliphatic carbocycles. The van der Waals surface area contributed by atoms with Crippen molar-refractivity contribution >= 4 is 27.2 Å². The second-order valence-electron chi connectivity index (χ2n) is 8.67. The summed E-state index contributed by atoms with van der Waals surface area (Å²) in [6.07, 6.45) is 3.14. The average Bonchev–Trinajstić information content (AvgIpc) is 3.21. The molecule has 0 amide bonds. The number of benzene rings is 1. The number of rotatable bonds is 9. The number of allylic oxidation sites excluding steroid dienone is 2. The summed E-state index contributed by atoms with van der Waals surface area (Å²) in [5.41, 5.74) is 3.16. The zero-order chi connectivity index (χ0) is 26.0. The fourth-order valence-corrected chi connectivity index (χ4v) is 4.00. The van der Waals surface area contributed by atoms with Crippen LogP contribution in [0.15, 0.2) is 11.6 Å². The fourth-order valence-electron chi connectivity index (χ4n) is 3.74. The maximum absolute atomic E-state index is 12.1. The van der Waals surface area contributed by atoms with E-state index in [9.17, 15) is 19.5 Å². The molecule has 1 atom stereocenters. The molecule has 0 spiro atoms. The van der Waals surface area contributed by atoms with Gasteiger partial charge in [-0.2, -0.15) is 0 Å². The quantitative estimate of drug-likeness (QED) is 0.304. The first-order chi connectivity index (χ1) is 16.6. The molecule has 1 aromatic rings. The Kier molecular flexibility index (Phi) is 11.6. The molecule has 9 nitrogen and oxygen atoms in total. The molecule has 0 radical (unpaired) electrons. The zero-order valence-corrected chi connectivity index (χ0v) is 22.1. The minimum Gasteiger partial charge on any atom is -0.507 e. The molecule has 1 fully saturated rings. The van der Waals surface area contributed by atoms with Gasteiger partial charge in [-0.25, -0.2) is 4.79 Å². The molecule has 2 aliphatic heterocycles. The van der Waals surface area contributed by atoms with Gasteiger partial charge in [-0.3, -0.25) is 9.69 Å². The Balaban J connectivity index is 0.00000100. The lowest BCUT2D eigenvalue weighted by Crippen LogP contribution is -2.38. The molecular weight excluding hydrogens is 473 g/mol. The molecule has 35 heavy (non-hydrogen) atoms. The van der Waals surface area contributed by atoms with Gasteiger partial charge in [0.2, 0.25) is 0 Å². The number of cyclic esters (lactones) is 1. The number of aromatic hydroxyl groups is 1. The third kappa shape index (κ3) is 8.60. The molecule has 0 aromatic heterocycles. The van der Waals surface area contributed by atoms with Crippen LogP contribution in [0.2, 0.25) is 0 Å². The molecule has 194 valence electrons. The number of Topliss-reactive ketones (excluding diaryl/α,β-unsaturated/α-hetero) is 1. The highest BCUT2D eigenvalue weighted by Crippen LogP contribution is 2.42. The van der Waals surface area contributed by atoms with Gasteiger partial charge in [0.25, 0.3) is 0 Å². The number of phenols is 1. The van der Waals surface area contributed by atoms with E-state index in [1.54, 1.807) is 6.92 Å². The Labute approximate surface area is 209 Å². The molecule has 1 saturated heterocycles. The van der Waals surface area contributed by atoms with Crippen molar-refractivity contribution in [1.82, 2.24) is 4.90 Å². The Morgan fingerprint density at radius 2 is 1.83 bits per heavy atom. The molecule has 0 saturated carbocycles. The summed E-state index contributed by atoms with van der Waals surface area (Å²) in [7, 11) is 2.13. The van der Waals surface area contributed by atoms with Gasteiger partial charge in [0.1, 0.15) is 36.1 Å². The van der Waals surface area contributed by atoms with Gasteiger partial charge in [-0.05, 0) is 46.1 Å². The summed E-state index contributed by atoms with van der Waals surface area (Å²) < 4.78 is 21.1. The molecule has 1 unspecified atom stereocenters. The van der Waals surface area contributed by atoms with Crippen LogP contribution >= 0.6 is 9.47 Å². The van der Waals surface area contributed by atoms with E-state index in [1.165, 1.54) is 13.8 Å². The van der Waals surface area contributed by atoms with Crippen LogP contribution in [0.25, 0.3) is 0 Å². The highest BCUT2D eigenvalue weighted by molar-refractivity contribution is 7.10. The van der Waals surface area contributed by atoms with Crippen LogP contribution in [0.5, 0.6) is 11.5 Å². The lowest BCUT2D eigenvalue weighted by atomic mass is 9.95. The first-order valence-corrected chi connectivity index (χ1v) is 12.1. The standard InChI is InChI=1S/C22H30NO7P.C3H6O/c1-14(4-6-18(24)28-12-9-23-7-10-27-11-8-23)3-5-16-20(25)15(2)17-13-29-22(26)19(17)21(16)30-31;1-3(2)4/h3,25H,4-13,31H2,1-2H3;1-2H3/b14-3+;. The van der Waals surface area contributed by atoms with E-state index in [0.29, 0.717) is 53.9 Å². The van der Waals surface area contributed by atoms with Crippen molar-refractivity contribution in [3.8, 4) is 11.5 Å². The van der Waals surface area contributed by atoms with Crippen LogP contribution in [0.1, 0.15) is 60.7 Å². The van der Waals surface area contributed by atoms with Gasteiger partial charge in [0.05, 0.1) is 22.7 Å². The van der Waals surface area contributed by atoms with Crippen LogP contribution < -0.4 is 4.52 Å². The summed E-state index contributed by atoms with van der Waals surface area (Å²) >= 11 is 0. The lowest BCUT2D eigenvalue weighted by molar-refractivity contribution is -0.144. The first-order valence-electron chi connectivity index (χ1n) is 11.6. The van der Waals surface area contributed by atoms with E-state index in [1.807, 2.05) is 13.0 Å². The summed E-state index contributed by atoms with van der Waals surface area (Å²) in [6, 6.07) is 0. The van der Waals surface area contributed by atoms with E-state index in [0.717, 1.165) is 38.4 Å². The average molecular weight is 510 g/mol. The van der Waals surface area contributed by atoms with E-state index in [2.05, 4.69) is 14.4 Å². The van der Waals surface area contributed by atoms with Crippen molar-refractivity contribution < 1.29 is 38.2 Å². The SMILES string of the molecule is C/C(=C\Cc1c(O)c(C)c2c(c1OP)C(=O)OC2)CCC(=O)OCCN1CCOCC1.CC(C)=O. The van der Waals surface area contributed by atoms with Gasteiger partial charge in [0, 0.05) is 37.2 Å². The summed E-state index contributed by atoms with van der Waals surface area (Å²) in [5.74, 6) is -0.0930. The molecule has 3 rings (SSSR count). The van der Waals surface area contributed by atoms with Crippen LogP contribution in [-0.4, -0.2) is 67.2 Å². The molecule has 2 heterocycles. The number of hydrogen-bond acceptors (Lipinski definition) is 9. The van der Waals surface area contributed by atoms with Gasteiger partial charge >= 0.3 is 11.9 Å². The summed E-state index contributed by atoms with van der Waals surface area (Å²) in [5, 5.41) is 10.6. The number of esters is 2. The highest BCUT2D eigenvalue weighted by atomic mass is 31.0. The molecular formula is C25H36NO8P. The second kappa shape index (κ2) is 14.2. The zero-order valence-electron chi connectivity index (χ0n) is 21.0. The lowest BCUT2D eigenvalue weighted by Gasteiger charge is -2.26.